The van der Waals surface area contributed by atoms with Crippen molar-refractivity contribution in [3.05, 3.63) is 22.2 Å². The molecule has 2 aromatic rings. The molecular weight excluding hydrogens is 353 g/mol. The predicted molar refractivity (Wildman–Crippen MR) is 92.6 cm³/mol. The normalized spacial score (nSPS) is 27.6. The van der Waals surface area contributed by atoms with Gasteiger partial charge < -0.3 is 20.3 Å². The van der Waals surface area contributed by atoms with Crippen molar-refractivity contribution < 1.29 is 14.9 Å². The first-order chi connectivity index (χ1) is 11.6. The van der Waals surface area contributed by atoms with E-state index in [0.717, 1.165) is 23.9 Å². The molecule has 1 aromatic carbocycles. The summed E-state index contributed by atoms with van der Waals surface area (Å²) in [6.07, 6.45) is 2.10. The molecule has 0 bridgehead atoms. The topological polar surface area (TPSA) is 79.5 Å². The summed E-state index contributed by atoms with van der Waals surface area (Å²) < 4.78 is 7.74. The number of ether oxygens (including phenoxy) is 1. The second-order valence-electron chi connectivity index (χ2n) is 6.45. The van der Waals surface area contributed by atoms with E-state index in [0.29, 0.717) is 28.5 Å². The van der Waals surface area contributed by atoms with Gasteiger partial charge in [0.2, 0.25) is 5.95 Å². The summed E-state index contributed by atoms with van der Waals surface area (Å²) >= 11 is 12.3. The Balaban J connectivity index is 1.78. The summed E-state index contributed by atoms with van der Waals surface area (Å²) in [5.74, 6) is 0.684. The van der Waals surface area contributed by atoms with Crippen LogP contribution in [0.25, 0.3) is 11.0 Å². The van der Waals surface area contributed by atoms with E-state index in [1.807, 2.05) is 4.57 Å². The number of imidazole rings is 1. The highest BCUT2D eigenvalue weighted by atomic mass is 35.5. The van der Waals surface area contributed by atoms with E-state index in [1.165, 1.54) is 6.42 Å². The van der Waals surface area contributed by atoms with E-state index in [4.69, 9.17) is 27.9 Å². The molecule has 3 atom stereocenters. The van der Waals surface area contributed by atoms with Crippen LogP contribution in [-0.4, -0.2) is 44.6 Å². The zero-order chi connectivity index (χ0) is 16.8. The Morgan fingerprint density at radius 3 is 2.67 bits per heavy atom. The number of benzene rings is 1. The van der Waals surface area contributed by atoms with E-state index >= 15 is 0 Å². The van der Waals surface area contributed by atoms with Gasteiger partial charge in [0.25, 0.3) is 0 Å². The molecule has 1 saturated carbocycles. The summed E-state index contributed by atoms with van der Waals surface area (Å²) in [5.41, 5.74) is 1.51. The summed E-state index contributed by atoms with van der Waals surface area (Å²) in [6, 6.07) is 3.89. The van der Waals surface area contributed by atoms with E-state index in [9.17, 15) is 10.2 Å². The van der Waals surface area contributed by atoms with Crippen molar-refractivity contribution in [2.24, 2.45) is 0 Å². The lowest BCUT2D eigenvalue weighted by Gasteiger charge is -2.28. The predicted octanol–water partition coefficient (Wildman–Crippen LogP) is 2.95. The molecule has 6 nitrogen and oxygen atoms in total. The molecule has 8 heteroatoms. The van der Waals surface area contributed by atoms with Crippen LogP contribution in [-0.2, 0) is 4.74 Å². The number of halogens is 2. The number of rotatable bonds is 4. The molecule has 2 fully saturated rings. The van der Waals surface area contributed by atoms with Gasteiger partial charge in [-0.2, -0.15) is 0 Å². The number of nitrogens with one attached hydrogen (secondary N) is 1. The number of fused-ring (bicyclic) bond motifs is 1. The monoisotopic (exact) mass is 371 g/mol. The highest BCUT2D eigenvalue weighted by Gasteiger charge is 2.36. The van der Waals surface area contributed by atoms with Crippen molar-refractivity contribution in [1.82, 2.24) is 9.55 Å². The Labute approximate surface area is 149 Å². The van der Waals surface area contributed by atoms with E-state index in [1.54, 1.807) is 12.1 Å². The fraction of sp³-hybridized carbons (Fsp3) is 0.562. The van der Waals surface area contributed by atoms with E-state index in [-0.39, 0.29) is 6.61 Å². The Kier molecular flexibility index (Phi) is 4.34. The maximum Gasteiger partial charge on any atom is 0.206 e. The van der Waals surface area contributed by atoms with Crippen LogP contribution in [0.3, 0.4) is 0 Å². The fourth-order valence-electron chi connectivity index (χ4n) is 3.26. The molecule has 0 amide bonds. The van der Waals surface area contributed by atoms with Crippen molar-refractivity contribution >= 4 is 40.2 Å². The van der Waals surface area contributed by atoms with Crippen LogP contribution in [0.1, 0.15) is 31.9 Å². The van der Waals surface area contributed by atoms with Gasteiger partial charge in [-0.25, -0.2) is 4.98 Å². The van der Waals surface area contributed by atoms with E-state index < -0.39 is 18.4 Å². The minimum Gasteiger partial charge on any atom is -0.394 e. The highest BCUT2D eigenvalue weighted by molar-refractivity contribution is 6.42. The quantitative estimate of drug-likeness (QED) is 0.769. The number of hydrogen-bond acceptors (Lipinski definition) is 5. The Morgan fingerprint density at radius 2 is 2.04 bits per heavy atom. The standard InChI is InChI=1S/C16H19Cl2N3O3/c17-9-4-11-12(5-10(9)18)21(15-6-13(23)14(7-22)24-15)16(20-11)19-8-2-1-3-8/h4-5,8,13-15,22-23H,1-3,6-7H2,(H,19,20)/t13-,14+,15+/m0/s1. The average Bonchev–Trinajstić information content (AvgIpc) is 3.03. The molecule has 4 rings (SSSR count). The van der Waals surface area contributed by atoms with Crippen LogP contribution >= 0.6 is 23.2 Å². The maximum atomic E-state index is 10.1. The Bertz CT molecular complexity index is 763. The molecule has 0 radical (unpaired) electrons. The minimum absolute atomic E-state index is 0.220. The van der Waals surface area contributed by atoms with Gasteiger partial charge in [-0.05, 0) is 31.4 Å². The molecule has 1 aliphatic carbocycles. The molecule has 1 saturated heterocycles. The second kappa shape index (κ2) is 6.35. The lowest BCUT2D eigenvalue weighted by atomic mass is 9.93. The van der Waals surface area contributed by atoms with Crippen molar-refractivity contribution in [1.29, 1.82) is 0 Å². The van der Waals surface area contributed by atoms with Crippen LogP contribution in [0, 0.1) is 0 Å². The average molecular weight is 372 g/mol. The van der Waals surface area contributed by atoms with Crippen LogP contribution in [0.15, 0.2) is 12.1 Å². The van der Waals surface area contributed by atoms with Crippen LogP contribution in [0.4, 0.5) is 5.95 Å². The van der Waals surface area contributed by atoms with Gasteiger partial charge in [-0.3, -0.25) is 4.57 Å². The van der Waals surface area contributed by atoms with Crippen LogP contribution in [0.5, 0.6) is 0 Å². The van der Waals surface area contributed by atoms with Gasteiger partial charge in [-0.1, -0.05) is 23.2 Å². The summed E-state index contributed by atoms with van der Waals surface area (Å²) in [5, 5.41) is 23.7. The van der Waals surface area contributed by atoms with Crippen molar-refractivity contribution in [2.45, 2.75) is 50.2 Å². The van der Waals surface area contributed by atoms with E-state index in [2.05, 4.69) is 10.3 Å². The molecule has 2 aliphatic rings. The third-order valence-corrected chi connectivity index (χ3v) is 5.56. The molecule has 1 aromatic heterocycles. The smallest absolute Gasteiger partial charge is 0.206 e. The molecule has 1 aliphatic heterocycles. The van der Waals surface area contributed by atoms with Gasteiger partial charge in [0.05, 0.1) is 33.8 Å². The largest absolute Gasteiger partial charge is 0.394 e. The molecule has 2 heterocycles. The number of aromatic nitrogens is 2. The zero-order valence-corrected chi connectivity index (χ0v) is 14.5. The Hall–Kier alpha value is -1.05. The number of anilines is 1. The lowest BCUT2D eigenvalue weighted by Crippen LogP contribution is -2.29. The second-order valence-corrected chi connectivity index (χ2v) is 7.26. The summed E-state index contributed by atoms with van der Waals surface area (Å²) in [6.45, 7) is -0.220. The van der Waals surface area contributed by atoms with Gasteiger partial charge >= 0.3 is 0 Å². The van der Waals surface area contributed by atoms with Crippen LogP contribution < -0.4 is 5.32 Å². The van der Waals surface area contributed by atoms with Crippen molar-refractivity contribution in [3.8, 4) is 0 Å². The van der Waals surface area contributed by atoms with Crippen molar-refractivity contribution in [2.75, 3.05) is 11.9 Å². The van der Waals surface area contributed by atoms with Gasteiger partial charge in [-0.15, -0.1) is 0 Å². The molecule has 130 valence electrons. The zero-order valence-electron chi connectivity index (χ0n) is 13.0. The lowest BCUT2D eigenvalue weighted by molar-refractivity contribution is -0.0424. The summed E-state index contributed by atoms with van der Waals surface area (Å²) in [7, 11) is 0. The first-order valence-electron chi connectivity index (χ1n) is 8.14. The first kappa shape index (κ1) is 16.4. The Morgan fingerprint density at radius 1 is 1.29 bits per heavy atom. The van der Waals surface area contributed by atoms with Crippen molar-refractivity contribution in [3.63, 3.8) is 0 Å². The molecular formula is C16H19Cl2N3O3. The molecule has 3 N–H and O–H groups in total. The minimum atomic E-state index is -0.711. The summed E-state index contributed by atoms with van der Waals surface area (Å²) in [4.78, 5) is 4.64. The number of nitrogens with zero attached hydrogens (tertiary/aromatic N) is 2. The maximum absolute atomic E-state index is 10.1. The first-order valence-corrected chi connectivity index (χ1v) is 8.90. The van der Waals surface area contributed by atoms with Crippen LogP contribution in [0.2, 0.25) is 10.0 Å². The SMILES string of the molecule is OC[C@H]1O[C@@H](n2c(NC3CCC3)nc3cc(Cl)c(Cl)cc32)C[C@@H]1O. The van der Waals surface area contributed by atoms with Gasteiger partial charge in [0, 0.05) is 12.5 Å². The molecule has 24 heavy (non-hydrogen) atoms. The number of aliphatic hydroxyl groups excluding tert-OH is 2. The molecule has 0 unspecified atom stereocenters. The van der Waals surface area contributed by atoms with Gasteiger partial charge in [0.15, 0.2) is 0 Å². The number of aliphatic hydroxyl groups is 2. The highest BCUT2D eigenvalue weighted by Crippen LogP contribution is 2.38. The third-order valence-electron chi connectivity index (χ3n) is 4.84. The van der Waals surface area contributed by atoms with Gasteiger partial charge in [0.1, 0.15) is 12.3 Å². The third kappa shape index (κ3) is 2.76. The molecule has 0 spiro atoms. The fourth-order valence-corrected chi connectivity index (χ4v) is 3.57. The number of hydrogen-bond donors (Lipinski definition) is 3.